The number of nitrogen functional groups attached to an aromatic ring is 1. The molecule has 0 saturated heterocycles. The Morgan fingerprint density at radius 3 is 2.17 bits per heavy atom. The van der Waals surface area contributed by atoms with Crippen LogP contribution in [-0.4, -0.2) is 54.1 Å². The fourth-order valence-corrected chi connectivity index (χ4v) is 5.49. The molecule has 36 heavy (non-hydrogen) atoms. The summed E-state index contributed by atoms with van der Waals surface area (Å²) in [6.45, 7) is 3.72. The van der Waals surface area contributed by atoms with Gasteiger partial charge in [0.15, 0.2) is 0 Å². The molecule has 0 spiro atoms. The number of nitrogens with two attached hydrogens (primary N) is 1. The molecule has 2 atom stereocenters. The Bertz CT molecular complexity index is 1250. The van der Waals surface area contributed by atoms with Crippen LogP contribution >= 0.6 is 0 Å². The third-order valence-corrected chi connectivity index (χ3v) is 7.55. The number of sulfonamides is 1. The number of aliphatic hydroxyl groups excluding tert-OH is 1. The standard InChI is InChI=1S/C27H33N3O5S/c1-19(2)17-30(36(34,35)22-14-12-21(28)13-15-22)18-26(32)24(16-20-8-4-3-5-9-20)29-27(33)23-10-6-7-11-25(23)31/h3-15,19,24,26,31-32H,16-18,28H2,1-2H3,(H,29,33)/t24-,26+/m0/s1. The van der Waals surface area contributed by atoms with Crippen molar-refractivity contribution in [2.45, 2.75) is 37.3 Å². The number of phenols is 1. The highest BCUT2D eigenvalue weighted by atomic mass is 32.2. The lowest BCUT2D eigenvalue weighted by Crippen LogP contribution is -2.51. The number of nitrogens with one attached hydrogen (secondary N) is 1. The minimum atomic E-state index is -3.94. The van der Waals surface area contributed by atoms with Crippen LogP contribution in [-0.2, 0) is 16.4 Å². The fourth-order valence-electron chi connectivity index (χ4n) is 3.87. The Balaban J connectivity index is 1.89. The van der Waals surface area contributed by atoms with Crippen molar-refractivity contribution < 1.29 is 23.4 Å². The van der Waals surface area contributed by atoms with E-state index in [1.807, 2.05) is 44.2 Å². The minimum Gasteiger partial charge on any atom is -0.507 e. The van der Waals surface area contributed by atoms with Crippen LogP contribution in [0.2, 0.25) is 0 Å². The summed E-state index contributed by atoms with van der Waals surface area (Å²) in [6, 6.07) is 20.5. The first kappa shape index (κ1) is 27.2. The van der Waals surface area contributed by atoms with E-state index < -0.39 is 28.1 Å². The Morgan fingerprint density at radius 1 is 0.944 bits per heavy atom. The molecular formula is C27H33N3O5S. The first-order chi connectivity index (χ1) is 17.1. The number of rotatable bonds is 11. The molecule has 0 unspecified atom stereocenters. The van der Waals surface area contributed by atoms with Crippen molar-refractivity contribution in [1.82, 2.24) is 9.62 Å². The average Bonchev–Trinajstić information content (AvgIpc) is 2.84. The maximum atomic E-state index is 13.4. The van der Waals surface area contributed by atoms with Gasteiger partial charge in [-0.3, -0.25) is 4.79 Å². The van der Waals surface area contributed by atoms with E-state index in [-0.39, 0.29) is 41.6 Å². The van der Waals surface area contributed by atoms with Crippen molar-refractivity contribution in [3.63, 3.8) is 0 Å². The maximum absolute atomic E-state index is 13.4. The number of para-hydroxylation sites is 1. The van der Waals surface area contributed by atoms with Crippen LogP contribution in [0.1, 0.15) is 29.8 Å². The number of carbonyl (C=O) groups excluding carboxylic acids is 1. The lowest BCUT2D eigenvalue weighted by atomic mass is 10.00. The quantitative estimate of drug-likeness (QED) is 0.293. The molecule has 0 saturated carbocycles. The molecule has 0 aliphatic carbocycles. The van der Waals surface area contributed by atoms with E-state index in [1.165, 1.54) is 40.7 Å². The van der Waals surface area contributed by atoms with Crippen molar-refractivity contribution in [1.29, 1.82) is 0 Å². The van der Waals surface area contributed by atoms with Crippen LogP contribution in [0.25, 0.3) is 0 Å². The van der Waals surface area contributed by atoms with E-state index in [0.29, 0.717) is 5.69 Å². The van der Waals surface area contributed by atoms with Gasteiger partial charge >= 0.3 is 0 Å². The van der Waals surface area contributed by atoms with Gasteiger partial charge < -0.3 is 21.3 Å². The van der Waals surface area contributed by atoms with Gasteiger partial charge in [-0.05, 0) is 54.3 Å². The van der Waals surface area contributed by atoms with Gasteiger partial charge in [-0.1, -0.05) is 56.3 Å². The van der Waals surface area contributed by atoms with Crippen LogP contribution in [0, 0.1) is 5.92 Å². The van der Waals surface area contributed by atoms with Crippen molar-refractivity contribution in [3.8, 4) is 5.75 Å². The second-order valence-corrected chi connectivity index (χ2v) is 11.1. The zero-order chi connectivity index (χ0) is 26.3. The fraction of sp³-hybridized carbons (Fsp3) is 0.296. The van der Waals surface area contributed by atoms with E-state index in [9.17, 15) is 23.4 Å². The second kappa shape index (κ2) is 12.0. The number of phenolic OH excluding ortho intramolecular Hbond substituents is 1. The van der Waals surface area contributed by atoms with E-state index in [1.54, 1.807) is 12.1 Å². The number of hydrogen-bond acceptors (Lipinski definition) is 6. The SMILES string of the molecule is CC(C)CN(C[C@@H](O)[C@H](Cc1ccccc1)NC(=O)c1ccccc1O)S(=O)(=O)c1ccc(N)cc1. The van der Waals surface area contributed by atoms with Crippen LogP contribution in [0.4, 0.5) is 5.69 Å². The van der Waals surface area contributed by atoms with Crippen LogP contribution < -0.4 is 11.1 Å². The van der Waals surface area contributed by atoms with Gasteiger partial charge in [-0.25, -0.2) is 8.42 Å². The number of hydrogen-bond donors (Lipinski definition) is 4. The summed E-state index contributed by atoms with van der Waals surface area (Å²) in [5.41, 5.74) is 7.09. The van der Waals surface area contributed by atoms with Crippen LogP contribution in [0.15, 0.2) is 83.8 Å². The van der Waals surface area contributed by atoms with Gasteiger partial charge in [0.1, 0.15) is 5.75 Å². The summed E-state index contributed by atoms with van der Waals surface area (Å²) < 4.78 is 28.1. The number of carbonyl (C=O) groups is 1. The second-order valence-electron chi connectivity index (χ2n) is 9.14. The van der Waals surface area contributed by atoms with Gasteiger partial charge in [0.2, 0.25) is 10.0 Å². The molecule has 3 rings (SSSR count). The molecule has 0 fully saturated rings. The van der Waals surface area contributed by atoms with Crippen LogP contribution in [0.3, 0.4) is 0 Å². The zero-order valence-corrected chi connectivity index (χ0v) is 21.2. The molecule has 0 aliphatic heterocycles. The number of amides is 1. The predicted octanol–water partition coefficient (Wildman–Crippen LogP) is 3.02. The first-order valence-corrected chi connectivity index (χ1v) is 13.2. The molecule has 192 valence electrons. The van der Waals surface area contributed by atoms with Gasteiger partial charge in [0, 0.05) is 18.8 Å². The summed E-state index contributed by atoms with van der Waals surface area (Å²) in [6.07, 6.45) is -0.971. The highest BCUT2D eigenvalue weighted by Crippen LogP contribution is 2.21. The molecule has 3 aromatic carbocycles. The molecule has 0 bridgehead atoms. The molecule has 0 heterocycles. The number of aliphatic hydroxyl groups is 1. The normalized spacial score (nSPS) is 13.5. The molecule has 0 aliphatic rings. The Morgan fingerprint density at radius 2 is 1.56 bits per heavy atom. The Labute approximate surface area is 212 Å². The molecule has 0 radical (unpaired) electrons. The summed E-state index contributed by atoms with van der Waals surface area (Å²) in [5.74, 6) is -0.760. The molecule has 8 nitrogen and oxygen atoms in total. The average molecular weight is 512 g/mol. The van der Waals surface area contributed by atoms with Crippen LogP contribution in [0.5, 0.6) is 5.75 Å². The van der Waals surface area contributed by atoms with Gasteiger partial charge in [-0.15, -0.1) is 0 Å². The lowest BCUT2D eigenvalue weighted by Gasteiger charge is -2.31. The highest BCUT2D eigenvalue weighted by molar-refractivity contribution is 7.89. The number of anilines is 1. The smallest absolute Gasteiger partial charge is 0.255 e. The van der Waals surface area contributed by atoms with Gasteiger partial charge in [0.25, 0.3) is 5.91 Å². The van der Waals surface area contributed by atoms with E-state index in [4.69, 9.17) is 5.73 Å². The molecule has 5 N–H and O–H groups in total. The molecule has 0 aromatic heterocycles. The van der Waals surface area contributed by atoms with Gasteiger partial charge in [0.05, 0.1) is 22.6 Å². The third kappa shape index (κ3) is 7.07. The molecule has 3 aromatic rings. The van der Waals surface area contributed by atoms with Gasteiger partial charge in [-0.2, -0.15) is 4.31 Å². The summed E-state index contributed by atoms with van der Waals surface area (Å²) >= 11 is 0. The minimum absolute atomic E-state index is 0.0100. The highest BCUT2D eigenvalue weighted by Gasteiger charge is 2.31. The summed E-state index contributed by atoms with van der Waals surface area (Å²) in [4.78, 5) is 13.0. The largest absolute Gasteiger partial charge is 0.507 e. The predicted molar refractivity (Wildman–Crippen MR) is 140 cm³/mol. The number of aromatic hydroxyl groups is 1. The summed E-state index contributed by atoms with van der Waals surface area (Å²) in [7, 11) is -3.94. The van der Waals surface area contributed by atoms with Crippen molar-refractivity contribution in [2.75, 3.05) is 18.8 Å². The number of benzene rings is 3. The molecule has 9 heteroatoms. The summed E-state index contributed by atoms with van der Waals surface area (Å²) in [5, 5.41) is 24.2. The maximum Gasteiger partial charge on any atom is 0.255 e. The number of nitrogens with zero attached hydrogens (tertiary/aromatic N) is 1. The van der Waals surface area contributed by atoms with Crippen molar-refractivity contribution >= 4 is 21.6 Å². The molecular weight excluding hydrogens is 478 g/mol. The van der Waals surface area contributed by atoms with E-state index in [0.717, 1.165) is 5.56 Å². The Kier molecular flexibility index (Phi) is 9.08. The lowest BCUT2D eigenvalue weighted by molar-refractivity contribution is 0.0773. The van der Waals surface area contributed by atoms with Crippen molar-refractivity contribution in [3.05, 3.63) is 90.0 Å². The van der Waals surface area contributed by atoms with E-state index in [2.05, 4.69) is 5.32 Å². The topological polar surface area (TPSA) is 133 Å². The third-order valence-electron chi connectivity index (χ3n) is 5.71. The molecule has 1 amide bonds. The first-order valence-electron chi connectivity index (χ1n) is 11.7. The zero-order valence-electron chi connectivity index (χ0n) is 20.4. The van der Waals surface area contributed by atoms with Crippen molar-refractivity contribution in [2.24, 2.45) is 5.92 Å². The monoisotopic (exact) mass is 511 g/mol. The van der Waals surface area contributed by atoms with E-state index >= 15 is 0 Å². The Hall–Kier alpha value is -3.40.